The molecule has 0 aliphatic heterocycles. The fourth-order valence-corrected chi connectivity index (χ4v) is 3.66. The molecule has 0 saturated carbocycles. The summed E-state index contributed by atoms with van der Waals surface area (Å²) in [7, 11) is 0. The molecule has 0 bridgehead atoms. The Hall–Kier alpha value is -4.47. The molecule has 1 atom stereocenters. The summed E-state index contributed by atoms with van der Waals surface area (Å²) in [6, 6.07) is 16.8. The van der Waals surface area contributed by atoms with Gasteiger partial charge in [0.05, 0.1) is 12.6 Å². The van der Waals surface area contributed by atoms with E-state index in [2.05, 4.69) is 26.3 Å². The molecule has 0 fully saturated rings. The van der Waals surface area contributed by atoms with E-state index in [1.165, 1.54) is 0 Å². The van der Waals surface area contributed by atoms with Gasteiger partial charge in [-0.15, -0.1) is 0 Å². The minimum absolute atomic E-state index is 0.0672. The summed E-state index contributed by atoms with van der Waals surface area (Å²) >= 11 is 0. The molecule has 10 nitrogen and oxygen atoms in total. The quantitative estimate of drug-likeness (QED) is 0.237. The molecule has 10 heteroatoms. The number of nitrogens with one attached hydrogen (secondary N) is 5. The van der Waals surface area contributed by atoms with E-state index in [0.29, 0.717) is 0 Å². The van der Waals surface area contributed by atoms with E-state index in [4.69, 9.17) is 0 Å². The molecule has 5 N–H and O–H groups in total. The number of hydrogen-bond acceptors (Lipinski definition) is 5. The predicted molar refractivity (Wildman–Crippen MR) is 138 cm³/mol. The van der Waals surface area contributed by atoms with Crippen molar-refractivity contribution in [1.82, 2.24) is 26.3 Å². The largest absolute Gasteiger partial charge is 0.354 e. The van der Waals surface area contributed by atoms with Crippen LogP contribution in [0.1, 0.15) is 42.7 Å². The first-order valence-corrected chi connectivity index (χ1v) is 12.0. The van der Waals surface area contributed by atoms with E-state index in [1.807, 2.05) is 42.5 Å². The van der Waals surface area contributed by atoms with Crippen molar-refractivity contribution in [2.45, 2.75) is 45.3 Å². The Kier molecular flexibility index (Phi) is 9.54. The van der Waals surface area contributed by atoms with Gasteiger partial charge in [-0.1, -0.05) is 48.5 Å². The van der Waals surface area contributed by atoms with Crippen LogP contribution in [-0.4, -0.2) is 53.0 Å². The van der Waals surface area contributed by atoms with E-state index in [9.17, 15) is 24.0 Å². The molecule has 0 unspecified atom stereocenters. The van der Waals surface area contributed by atoms with Gasteiger partial charge in [0, 0.05) is 29.9 Å². The lowest BCUT2D eigenvalue weighted by atomic mass is 10.0. The van der Waals surface area contributed by atoms with Gasteiger partial charge in [0.15, 0.2) is 0 Å². The average Bonchev–Trinajstić information content (AvgIpc) is 3.32. The van der Waals surface area contributed by atoms with Crippen molar-refractivity contribution in [2.24, 2.45) is 0 Å². The highest BCUT2D eigenvalue weighted by Gasteiger charge is 2.27. The molecule has 3 rings (SSSR count). The normalized spacial score (nSPS) is 11.5. The van der Waals surface area contributed by atoms with Gasteiger partial charge in [0.25, 0.3) is 11.8 Å². The summed E-state index contributed by atoms with van der Waals surface area (Å²) in [6.45, 7) is 3.33. The van der Waals surface area contributed by atoms with Gasteiger partial charge in [-0.25, -0.2) is 0 Å². The maximum Gasteiger partial charge on any atom is 0.289 e. The van der Waals surface area contributed by atoms with Gasteiger partial charge in [0.1, 0.15) is 5.69 Å². The van der Waals surface area contributed by atoms with E-state index >= 15 is 0 Å². The number of aromatic nitrogens is 1. The molecule has 0 saturated heterocycles. The zero-order valence-electron chi connectivity index (χ0n) is 20.8. The molecule has 194 valence electrons. The molecule has 1 heterocycles. The predicted octanol–water partition coefficient (Wildman–Crippen LogP) is 1.57. The minimum atomic E-state index is -1.23. The number of fused-ring (bicyclic) bond motifs is 1. The second kappa shape index (κ2) is 13.0. The van der Waals surface area contributed by atoms with Crippen LogP contribution >= 0.6 is 0 Å². The number of H-pyrrole nitrogens is 1. The summed E-state index contributed by atoms with van der Waals surface area (Å²) in [4.78, 5) is 65.5. The second-order valence-electron chi connectivity index (χ2n) is 8.87. The van der Waals surface area contributed by atoms with Crippen LogP contribution in [0.25, 0.3) is 10.9 Å². The summed E-state index contributed by atoms with van der Waals surface area (Å²) in [6.07, 6.45) is -0.139. The Morgan fingerprint density at radius 2 is 1.54 bits per heavy atom. The van der Waals surface area contributed by atoms with E-state index in [-0.39, 0.29) is 37.0 Å². The van der Waals surface area contributed by atoms with Crippen molar-refractivity contribution in [3.05, 3.63) is 71.9 Å². The zero-order valence-corrected chi connectivity index (χ0v) is 20.8. The van der Waals surface area contributed by atoms with E-state index in [1.54, 1.807) is 32.0 Å². The van der Waals surface area contributed by atoms with Crippen LogP contribution < -0.4 is 21.3 Å². The molecule has 0 radical (unpaired) electrons. The number of ketones is 1. The van der Waals surface area contributed by atoms with E-state index in [0.717, 1.165) is 16.5 Å². The zero-order chi connectivity index (χ0) is 26.8. The highest BCUT2D eigenvalue weighted by molar-refractivity contribution is 6.38. The molecular weight excluding hydrogens is 474 g/mol. The van der Waals surface area contributed by atoms with Crippen LogP contribution in [-0.2, 0) is 25.7 Å². The molecular formula is C27H31N5O5. The number of carbonyl (C=O) groups is 5. The van der Waals surface area contributed by atoms with Crippen molar-refractivity contribution in [1.29, 1.82) is 0 Å². The number of carbonyl (C=O) groups excluding carboxylic acids is 5. The smallest absolute Gasteiger partial charge is 0.289 e. The standard InChI is InChI=1S/C27H31N5O5/c1-17(2)30-23(33)13-12-21(25(35)27(37)28-15-18-8-4-3-5-9-18)32-24(34)16-29-26(36)22-14-19-10-6-7-11-20(19)31-22/h3-11,14,17,21,31H,12-13,15-16H2,1-2H3,(H,28,37)(H,29,36)(H,30,33)(H,32,34)/t21-/m0/s1. The number of Topliss-reactive ketones (excluding diaryl/α,β-unsaturated/α-hetero) is 1. The van der Waals surface area contributed by atoms with Crippen molar-refractivity contribution in [2.75, 3.05) is 6.54 Å². The Labute approximate surface area is 214 Å². The van der Waals surface area contributed by atoms with Crippen LogP contribution in [0.2, 0.25) is 0 Å². The molecule has 3 aromatic rings. The number of rotatable bonds is 12. The molecule has 1 aromatic heterocycles. The molecule has 0 aliphatic rings. The first kappa shape index (κ1) is 27.1. The highest BCUT2D eigenvalue weighted by atomic mass is 16.2. The van der Waals surface area contributed by atoms with Crippen LogP contribution in [0, 0.1) is 0 Å². The summed E-state index contributed by atoms with van der Waals surface area (Å²) in [5, 5.41) is 11.1. The Balaban J connectivity index is 1.59. The first-order valence-electron chi connectivity index (χ1n) is 12.0. The van der Waals surface area contributed by atoms with Gasteiger partial charge >= 0.3 is 0 Å². The highest BCUT2D eigenvalue weighted by Crippen LogP contribution is 2.14. The lowest BCUT2D eigenvalue weighted by Gasteiger charge is -2.18. The fourth-order valence-electron chi connectivity index (χ4n) is 3.66. The molecule has 0 spiro atoms. The SMILES string of the molecule is CC(C)NC(=O)CC[C@H](NC(=O)CNC(=O)c1cc2ccccc2[nH]1)C(=O)C(=O)NCc1ccccc1. The number of amides is 4. The van der Waals surface area contributed by atoms with Crippen LogP contribution in [0.4, 0.5) is 0 Å². The summed E-state index contributed by atoms with van der Waals surface area (Å²) < 4.78 is 0. The number of hydrogen-bond donors (Lipinski definition) is 5. The van der Waals surface area contributed by atoms with Gasteiger partial charge in [0.2, 0.25) is 17.6 Å². The van der Waals surface area contributed by atoms with Crippen molar-refractivity contribution in [3.63, 3.8) is 0 Å². The Morgan fingerprint density at radius 3 is 2.24 bits per heavy atom. The van der Waals surface area contributed by atoms with Crippen molar-refractivity contribution >= 4 is 40.3 Å². The maximum atomic E-state index is 12.8. The number of benzene rings is 2. The fraction of sp³-hybridized carbons (Fsp3) is 0.296. The summed E-state index contributed by atoms with van der Waals surface area (Å²) in [5.74, 6) is -3.21. The van der Waals surface area contributed by atoms with Crippen LogP contribution in [0.5, 0.6) is 0 Å². The van der Waals surface area contributed by atoms with Gasteiger partial charge in [-0.3, -0.25) is 24.0 Å². The third kappa shape index (κ3) is 8.31. The number of para-hydroxylation sites is 1. The molecule has 2 aromatic carbocycles. The van der Waals surface area contributed by atoms with Gasteiger partial charge < -0.3 is 26.3 Å². The average molecular weight is 506 g/mol. The maximum absolute atomic E-state index is 12.8. The molecule has 0 aliphatic carbocycles. The molecule has 37 heavy (non-hydrogen) atoms. The lowest BCUT2D eigenvalue weighted by Crippen LogP contribution is -2.50. The Morgan fingerprint density at radius 1 is 0.838 bits per heavy atom. The van der Waals surface area contributed by atoms with Crippen LogP contribution in [0.3, 0.4) is 0 Å². The second-order valence-corrected chi connectivity index (χ2v) is 8.87. The van der Waals surface area contributed by atoms with Gasteiger partial charge in [-0.05, 0) is 38.0 Å². The Bertz CT molecular complexity index is 1240. The molecule has 4 amide bonds. The monoisotopic (exact) mass is 505 g/mol. The van der Waals surface area contributed by atoms with E-state index < -0.39 is 36.1 Å². The minimum Gasteiger partial charge on any atom is -0.354 e. The van der Waals surface area contributed by atoms with Crippen molar-refractivity contribution in [3.8, 4) is 0 Å². The first-order chi connectivity index (χ1) is 17.7. The van der Waals surface area contributed by atoms with Crippen molar-refractivity contribution < 1.29 is 24.0 Å². The van der Waals surface area contributed by atoms with Gasteiger partial charge in [-0.2, -0.15) is 0 Å². The summed E-state index contributed by atoms with van der Waals surface area (Å²) in [5.41, 5.74) is 1.87. The lowest BCUT2D eigenvalue weighted by molar-refractivity contribution is -0.140. The third-order valence-corrected chi connectivity index (χ3v) is 5.47. The third-order valence-electron chi connectivity index (χ3n) is 5.47. The topological polar surface area (TPSA) is 149 Å². The number of aromatic amines is 1. The van der Waals surface area contributed by atoms with Crippen LogP contribution in [0.15, 0.2) is 60.7 Å².